The number of nitrogens with zero attached hydrogens (tertiary/aromatic N) is 1. The third-order valence-electron chi connectivity index (χ3n) is 2.87. The van der Waals surface area contributed by atoms with E-state index in [-0.39, 0.29) is 0 Å². The lowest BCUT2D eigenvalue weighted by molar-refractivity contribution is 0.176. The minimum atomic E-state index is 0.608. The maximum Gasteiger partial charge on any atom is 0.0843 e. The fourth-order valence-corrected chi connectivity index (χ4v) is 4.16. The molecule has 5 heteroatoms. The summed E-state index contributed by atoms with van der Waals surface area (Å²) in [5.74, 6) is 0. The molecule has 0 aromatic carbocycles. The van der Waals surface area contributed by atoms with Crippen LogP contribution in [-0.2, 0) is 6.54 Å². The van der Waals surface area contributed by atoms with Crippen molar-refractivity contribution in [2.24, 2.45) is 0 Å². The fraction of sp³-hybridized carbons (Fsp3) is 0.692. The first-order valence-corrected chi connectivity index (χ1v) is 8.72. The molecule has 0 radical (unpaired) electrons. The molecule has 1 rings (SSSR count). The van der Waals surface area contributed by atoms with E-state index in [4.69, 9.17) is 0 Å². The van der Waals surface area contributed by atoms with Crippen molar-refractivity contribution in [2.75, 3.05) is 13.1 Å². The molecule has 0 fully saturated rings. The average molecular weight is 398 g/mol. The van der Waals surface area contributed by atoms with E-state index in [0.29, 0.717) is 12.1 Å². The zero-order valence-electron chi connectivity index (χ0n) is 11.5. The molecule has 0 saturated carbocycles. The van der Waals surface area contributed by atoms with Crippen molar-refractivity contribution in [1.29, 1.82) is 0 Å². The molecule has 0 unspecified atom stereocenters. The lowest BCUT2D eigenvalue weighted by Crippen LogP contribution is -2.41. The van der Waals surface area contributed by atoms with Gasteiger partial charge >= 0.3 is 0 Å². The first kappa shape index (κ1) is 16.6. The lowest BCUT2D eigenvalue weighted by atomic mass is 10.2. The molecule has 18 heavy (non-hydrogen) atoms. The summed E-state index contributed by atoms with van der Waals surface area (Å²) in [6, 6.07) is 3.39. The van der Waals surface area contributed by atoms with Gasteiger partial charge in [0.2, 0.25) is 0 Å². The van der Waals surface area contributed by atoms with Gasteiger partial charge in [0.15, 0.2) is 0 Å². The van der Waals surface area contributed by atoms with E-state index in [9.17, 15) is 0 Å². The maximum absolute atomic E-state index is 3.52. The third kappa shape index (κ3) is 5.29. The largest absolute Gasteiger partial charge is 0.311 e. The van der Waals surface area contributed by atoms with Gasteiger partial charge in [0.05, 0.1) is 3.79 Å². The summed E-state index contributed by atoms with van der Waals surface area (Å²) in [6.45, 7) is 12.1. The third-order valence-corrected chi connectivity index (χ3v) is 6.12. The van der Waals surface area contributed by atoms with Crippen molar-refractivity contribution >= 4 is 43.2 Å². The highest BCUT2D eigenvalue weighted by Crippen LogP contribution is 2.32. The number of hydrogen-bond acceptors (Lipinski definition) is 3. The van der Waals surface area contributed by atoms with Crippen LogP contribution in [0.3, 0.4) is 0 Å². The van der Waals surface area contributed by atoms with Crippen LogP contribution in [0.4, 0.5) is 0 Å². The van der Waals surface area contributed by atoms with Crippen LogP contribution in [0.15, 0.2) is 14.3 Å². The van der Waals surface area contributed by atoms with E-state index in [1.54, 1.807) is 11.3 Å². The van der Waals surface area contributed by atoms with Gasteiger partial charge in [-0.1, -0.05) is 0 Å². The van der Waals surface area contributed by atoms with Gasteiger partial charge in [-0.2, -0.15) is 0 Å². The van der Waals surface area contributed by atoms with Gasteiger partial charge in [-0.05, 0) is 65.6 Å². The maximum atomic E-state index is 3.52. The Morgan fingerprint density at radius 2 is 1.83 bits per heavy atom. The van der Waals surface area contributed by atoms with E-state index < -0.39 is 0 Å². The normalized spacial score (nSPS) is 12.1. The van der Waals surface area contributed by atoms with Crippen molar-refractivity contribution < 1.29 is 0 Å². The van der Waals surface area contributed by atoms with Crippen molar-refractivity contribution in [3.8, 4) is 0 Å². The van der Waals surface area contributed by atoms with E-state index in [1.807, 2.05) is 0 Å². The van der Waals surface area contributed by atoms with Crippen molar-refractivity contribution in [3.05, 3.63) is 19.2 Å². The van der Waals surface area contributed by atoms with E-state index in [2.05, 4.69) is 75.8 Å². The summed E-state index contributed by atoms with van der Waals surface area (Å²) in [5.41, 5.74) is 0. The Morgan fingerprint density at radius 3 is 2.28 bits per heavy atom. The zero-order chi connectivity index (χ0) is 13.7. The predicted octanol–water partition coefficient (Wildman–Crippen LogP) is 4.48. The second kappa shape index (κ2) is 8.00. The predicted molar refractivity (Wildman–Crippen MR) is 88.4 cm³/mol. The molecule has 0 atom stereocenters. The molecular weight excluding hydrogens is 376 g/mol. The van der Waals surface area contributed by atoms with E-state index >= 15 is 0 Å². The van der Waals surface area contributed by atoms with Crippen LogP contribution in [0.25, 0.3) is 0 Å². The van der Waals surface area contributed by atoms with Crippen molar-refractivity contribution in [1.82, 2.24) is 10.2 Å². The molecule has 2 nitrogen and oxygen atoms in total. The lowest BCUT2D eigenvalue weighted by Gasteiger charge is -2.30. The highest BCUT2D eigenvalue weighted by molar-refractivity contribution is 9.13. The number of hydrogen-bond donors (Lipinski definition) is 1. The van der Waals surface area contributed by atoms with Crippen molar-refractivity contribution in [2.45, 2.75) is 46.3 Å². The SMILES string of the molecule is CC(C)N(CCNCc1cc(Br)c(Br)s1)C(C)C. The smallest absolute Gasteiger partial charge is 0.0843 e. The van der Waals surface area contributed by atoms with E-state index in [1.165, 1.54) is 8.66 Å². The molecule has 104 valence electrons. The second-order valence-electron chi connectivity index (χ2n) is 4.94. The van der Waals surface area contributed by atoms with Crippen LogP contribution in [-0.4, -0.2) is 30.1 Å². The zero-order valence-corrected chi connectivity index (χ0v) is 15.5. The summed E-state index contributed by atoms with van der Waals surface area (Å²) in [7, 11) is 0. The molecule has 1 heterocycles. The standard InChI is InChI=1S/C13H22Br2N2S/c1-9(2)17(10(3)4)6-5-16-8-11-7-12(14)13(15)18-11/h7,9-10,16H,5-6,8H2,1-4H3. The molecule has 0 saturated heterocycles. The molecule has 0 aliphatic heterocycles. The Morgan fingerprint density at radius 1 is 1.22 bits per heavy atom. The molecule has 0 spiro atoms. The first-order chi connectivity index (χ1) is 8.41. The van der Waals surface area contributed by atoms with Crippen LogP contribution in [0, 0.1) is 0 Å². The van der Waals surface area contributed by atoms with E-state index in [0.717, 1.165) is 24.1 Å². The molecular formula is C13H22Br2N2S. The summed E-state index contributed by atoms with van der Waals surface area (Å²) < 4.78 is 2.32. The van der Waals surface area contributed by atoms with Crippen LogP contribution in [0.5, 0.6) is 0 Å². The summed E-state index contributed by atoms with van der Waals surface area (Å²) in [5, 5.41) is 3.51. The Labute approximate surface area is 131 Å². The molecule has 1 N–H and O–H groups in total. The molecule has 0 aliphatic rings. The van der Waals surface area contributed by atoms with Crippen molar-refractivity contribution in [3.63, 3.8) is 0 Å². The summed E-state index contributed by atoms with van der Waals surface area (Å²) >= 11 is 8.82. The van der Waals surface area contributed by atoms with Gasteiger partial charge in [0, 0.05) is 41.1 Å². The highest BCUT2D eigenvalue weighted by atomic mass is 79.9. The molecule has 0 amide bonds. The number of thiophene rings is 1. The molecule has 1 aromatic heterocycles. The molecule has 1 aromatic rings. The monoisotopic (exact) mass is 396 g/mol. The van der Waals surface area contributed by atoms with Gasteiger partial charge < -0.3 is 5.32 Å². The van der Waals surface area contributed by atoms with Crippen LogP contribution < -0.4 is 5.32 Å². The van der Waals surface area contributed by atoms with Gasteiger partial charge in [0.25, 0.3) is 0 Å². The van der Waals surface area contributed by atoms with Crippen LogP contribution >= 0.6 is 43.2 Å². The second-order valence-corrected chi connectivity index (χ2v) is 8.25. The Hall–Kier alpha value is 0.580. The van der Waals surface area contributed by atoms with Gasteiger partial charge in [-0.3, -0.25) is 4.90 Å². The average Bonchev–Trinajstić information content (AvgIpc) is 2.57. The number of halogens is 2. The first-order valence-electron chi connectivity index (χ1n) is 6.32. The van der Waals surface area contributed by atoms with Crippen LogP contribution in [0.2, 0.25) is 0 Å². The Bertz CT molecular complexity index is 336. The van der Waals surface area contributed by atoms with Gasteiger partial charge in [-0.15, -0.1) is 11.3 Å². The number of rotatable bonds is 7. The summed E-state index contributed by atoms with van der Waals surface area (Å²) in [6.07, 6.45) is 0. The Balaban J connectivity index is 2.29. The van der Waals surface area contributed by atoms with Crippen LogP contribution in [0.1, 0.15) is 32.6 Å². The fourth-order valence-electron chi connectivity index (χ4n) is 2.01. The van der Waals surface area contributed by atoms with Gasteiger partial charge in [-0.25, -0.2) is 0 Å². The number of nitrogens with one attached hydrogen (secondary N) is 1. The summed E-state index contributed by atoms with van der Waals surface area (Å²) in [4.78, 5) is 3.86. The quantitative estimate of drug-likeness (QED) is 0.682. The van der Waals surface area contributed by atoms with Gasteiger partial charge in [0.1, 0.15) is 0 Å². The molecule has 0 aliphatic carbocycles. The minimum absolute atomic E-state index is 0.608. The highest BCUT2D eigenvalue weighted by Gasteiger charge is 2.12. The topological polar surface area (TPSA) is 15.3 Å². The minimum Gasteiger partial charge on any atom is -0.311 e. The Kier molecular flexibility index (Phi) is 7.39. The molecule has 0 bridgehead atoms.